The van der Waals surface area contributed by atoms with E-state index in [0.717, 1.165) is 16.9 Å². The molecule has 3 atom stereocenters. The standard InChI is InChI=1S/C19H21NO2S/c1-14-8-10-18(11-9-14)23(21)15(2)19-20-17(13-22-19)12-16-6-4-3-5-7-16/h3-11,15,17H,12-13H2,1-2H3/t15?,17-,23+/m0/s1. The minimum atomic E-state index is -1.14. The Morgan fingerprint density at radius 2 is 1.87 bits per heavy atom. The summed E-state index contributed by atoms with van der Waals surface area (Å²) >= 11 is 0. The Kier molecular flexibility index (Phi) is 4.91. The number of benzene rings is 2. The fourth-order valence-corrected chi connectivity index (χ4v) is 3.74. The van der Waals surface area contributed by atoms with E-state index in [2.05, 4.69) is 17.1 Å². The van der Waals surface area contributed by atoms with E-state index in [9.17, 15) is 4.21 Å². The third-order valence-electron chi connectivity index (χ3n) is 3.97. The third-order valence-corrected chi connectivity index (χ3v) is 5.55. The van der Waals surface area contributed by atoms with Crippen molar-refractivity contribution in [1.82, 2.24) is 0 Å². The number of hydrogen-bond donors (Lipinski definition) is 0. The maximum absolute atomic E-state index is 12.7. The summed E-state index contributed by atoms with van der Waals surface area (Å²) in [6.07, 6.45) is 0.855. The van der Waals surface area contributed by atoms with Crippen LogP contribution < -0.4 is 0 Å². The Labute approximate surface area is 139 Å². The number of nitrogens with zero attached hydrogens (tertiary/aromatic N) is 1. The van der Waals surface area contributed by atoms with E-state index in [1.54, 1.807) is 0 Å². The second kappa shape index (κ2) is 7.09. The molecule has 4 heteroatoms. The molecule has 0 radical (unpaired) electrons. The van der Waals surface area contributed by atoms with Crippen molar-refractivity contribution in [2.24, 2.45) is 4.99 Å². The van der Waals surface area contributed by atoms with Crippen LogP contribution in [0.5, 0.6) is 0 Å². The number of hydrogen-bond acceptors (Lipinski definition) is 3. The molecule has 0 amide bonds. The van der Waals surface area contributed by atoms with E-state index < -0.39 is 10.8 Å². The van der Waals surface area contributed by atoms with Crippen LogP contribution in [0.3, 0.4) is 0 Å². The van der Waals surface area contributed by atoms with Crippen LogP contribution in [0.15, 0.2) is 64.5 Å². The van der Waals surface area contributed by atoms with Crippen molar-refractivity contribution in [2.45, 2.75) is 36.5 Å². The van der Waals surface area contributed by atoms with Crippen LogP contribution in [0.25, 0.3) is 0 Å². The van der Waals surface area contributed by atoms with Gasteiger partial charge in [0.15, 0.2) is 5.90 Å². The van der Waals surface area contributed by atoms with E-state index in [4.69, 9.17) is 4.74 Å². The zero-order valence-electron chi connectivity index (χ0n) is 13.4. The van der Waals surface area contributed by atoms with E-state index in [1.165, 1.54) is 5.56 Å². The molecule has 1 aliphatic rings. The maximum Gasteiger partial charge on any atom is 0.199 e. The molecule has 1 unspecified atom stereocenters. The lowest BCUT2D eigenvalue weighted by Crippen LogP contribution is -2.22. The van der Waals surface area contributed by atoms with Crippen LogP contribution in [0.4, 0.5) is 0 Å². The van der Waals surface area contributed by atoms with Crippen molar-refractivity contribution >= 4 is 16.7 Å². The zero-order valence-corrected chi connectivity index (χ0v) is 14.3. The number of aryl methyl sites for hydroxylation is 1. The molecule has 0 aliphatic carbocycles. The quantitative estimate of drug-likeness (QED) is 0.842. The average Bonchev–Trinajstić information content (AvgIpc) is 3.03. The molecule has 3 nitrogen and oxygen atoms in total. The minimum Gasteiger partial charge on any atom is -0.478 e. The molecular weight excluding hydrogens is 306 g/mol. The summed E-state index contributed by atoms with van der Waals surface area (Å²) in [6.45, 7) is 4.51. The molecule has 1 aliphatic heterocycles. The van der Waals surface area contributed by atoms with Crippen LogP contribution in [-0.4, -0.2) is 28.0 Å². The van der Waals surface area contributed by atoms with Gasteiger partial charge in [-0.15, -0.1) is 0 Å². The first-order valence-corrected chi connectivity index (χ1v) is 9.06. The van der Waals surface area contributed by atoms with Crippen molar-refractivity contribution in [3.05, 3.63) is 65.7 Å². The lowest BCUT2D eigenvalue weighted by molar-refractivity contribution is 0.310. The van der Waals surface area contributed by atoms with Crippen LogP contribution in [0, 0.1) is 6.92 Å². The summed E-state index contributed by atoms with van der Waals surface area (Å²) < 4.78 is 18.4. The van der Waals surface area contributed by atoms with Gasteiger partial charge < -0.3 is 4.74 Å². The van der Waals surface area contributed by atoms with Crippen molar-refractivity contribution in [3.63, 3.8) is 0 Å². The van der Waals surface area contributed by atoms with Crippen LogP contribution >= 0.6 is 0 Å². The fraction of sp³-hybridized carbons (Fsp3) is 0.316. The summed E-state index contributed by atoms with van der Waals surface area (Å²) in [4.78, 5) is 5.47. The summed E-state index contributed by atoms with van der Waals surface area (Å²) in [7, 11) is -1.14. The summed E-state index contributed by atoms with van der Waals surface area (Å²) in [5.74, 6) is 0.616. The van der Waals surface area contributed by atoms with Crippen molar-refractivity contribution in [2.75, 3.05) is 6.61 Å². The first kappa shape index (κ1) is 15.9. The predicted octanol–water partition coefficient (Wildman–Crippen LogP) is 3.53. The first-order valence-electron chi connectivity index (χ1n) is 7.85. The van der Waals surface area contributed by atoms with Crippen LogP contribution in [0.2, 0.25) is 0 Å². The maximum atomic E-state index is 12.7. The SMILES string of the molecule is Cc1ccc([S@](=O)C(C)C2=N[C@@H](Cc3ccccc3)CO2)cc1. The molecule has 0 spiro atoms. The lowest BCUT2D eigenvalue weighted by atomic mass is 10.1. The molecule has 0 fully saturated rings. The van der Waals surface area contributed by atoms with Crippen LogP contribution in [0.1, 0.15) is 18.1 Å². The van der Waals surface area contributed by atoms with E-state index >= 15 is 0 Å². The number of ether oxygens (including phenoxy) is 1. The first-order chi connectivity index (χ1) is 11.1. The Morgan fingerprint density at radius 1 is 1.17 bits per heavy atom. The number of aliphatic imine (C=N–C) groups is 1. The Bertz CT molecular complexity index is 710. The smallest absolute Gasteiger partial charge is 0.199 e. The lowest BCUT2D eigenvalue weighted by Gasteiger charge is -2.11. The second-order valence-electron chi connectivity index (χ2n) is 5.87. The van der Waals surface area contributed by atoms with E-state index in [-0.39, 0.29) is 11.3 Å². The predicted molar refractivity (Wildman–Crippen MR) is 94.4 cm³/mol. The molecular formula is C19H21NO2S. The largest absolute Gasteiger partial charge is 0.478 e. The second-order valence-corrected chi connectivity index (χ2v) is 7.65. The van der Waals surface area contributed by atoms with Gasteiger partial charge >= 0.3 is 0 Å². The highest BCUT2D eigenvalue weighted by Gasteiger charge is 2.27. The number of rotatable bonds is 5. The van der Waals surface area contributed by atoms with Gasteiger partial charge in [-0.1, -0.05) is 48.0 Å². The van der Waals surface area contributed by atoms with E-state index in [1.807, 2.05) is 56.3 Å². The molecule has 120 valence electrons. The molecule has 0 N–H and O–H groups in total. The minimum absolute atomic E-state index is 0.116. The van der Waals surface area contributed by atoms with Gasteiger partial charge in [0.05, 0.1) is 16.8 Å². The van der Waals surface area contributed by atoms with Gasteiger partial charge in [0.25, 0.3) is 0 Å². The molecule has 0 aromatic heterocycles. The molecule has 3 rings (SSSR count). The van der Waals surface area contributed by atoms with Gasteiger partial charge in [-0.3, -0.25) is 4.21 Å². The monoisotopic (exact) mass is 327 g/mol. The molecule has 2 aromatic rings. The normalized spacial score (nSPS) is 19.7. The van der Waals surface area contributed by atoms with Crippen molar-refractivity contribution in [1.29, 1.82) is 0 Å². The molecule has 0 saturated carbocycles. The summed E-state index contributed by atoms with van der Waals surface area (Å²) in [5.41, 5.74) is 2.41. The van der Waals surface area contributed by atoms with Gasteiger partial charge in [-0.2, -0.15) is 0 Å². The average molecular weight is 327 g/mol. The highest BCUT2D eigenvalue weighted by molar-refractivity contribution is 7.86. The summed E-state index contributed by atoms with van der Waals surface area (Å²) in [5, 5.41) is -0.224. The van der Waals surface area contributed by atoms with E-state index in [0.29, 0.717) is 12.5 Å². The van der Waals surface area contributed by atoms with Crippen LogP contribution in [-0.2, 0) is 22.0 Å². The third kappa shape index (κ3) is 3.88. The molecule has 0 bridgehead atoms. The Morgan fingerprint density at radius 3 is 2.57 bits per heavy atom. The zero-order chi connectivity index (χ0) is 16.2. The van der Waals surface area contributed by atoms with Gasteiger partial charge in [0.1, 0.15) is 11.9 Å². The summed E-state index contributed by atoms with van der Waals surface area (Å²) in [6, 6.07) is 18.2. The molecule has 1 heterocycles. The Hall–Kier alpha value is -1.94. The molecule has 0 saturated heterocycles. The topological polar surface area (TPSA) is 38.7 Å². The van der Waals surface area contributed by atoms with Crippen molar-refractivity contribution in [3.8, 4) is 0 Å². The fourth-order valence-electron chi connectivity index (χ4n) is 2.62. The highest BCUT2D eigenvalue weighted by atomic mass is 32.2. The van der Waals surface area contributed by atoms with Gasteiger partial charge in [-0.25, -0.2) is 4.99 Å². The molecule has 2 aromatic carbocycles. The highest BCUT2D eigenvalue weighted by Crippen LogP contribution is 2.19. The Balaban J connectivity index is 1.68. The van der Waals surface area contributed by atoms with Gasteiger partial charge in [-0.05, 0) is 38.0 Å². The molecule has 23 heavy (non-hydrogen) atoms. The van der Waals surface area contributed by atoms with Crippen molar-refractivity contribution < 1.29 is 8.95 Å². The van der Waals surface area contributed by atoms with Gasteiger partial charge in [0, 0.05) is 4.90 Å². The van der Waals surface area contributed by atoms with Gasteiger partial charge in [0.2, 0.25) is 0 Å².